The molecule has 0 bridgehead atoms. The van der Waals surface area contributed by atoms with Crippen molar-refractivity contribution in [3.8, 4) is 0 Å². The molecule has 0 radical (unpaired) electrons. The van der Waals surface area contributed by atoms with Crippen LogP contribution in [0.5, 0.6) is 0 Å². The van der Waals surface area contributed by atoms with Crippen LogP contribution in [0.1, 0.15) is 18.5 Å². The molecule has 1 fully saturated rings. The monoisotopic (exact) mass is 334 g/mol. The Labute approximate surface area is 136 Å². The van der Waals surface area contributed by atoms with Gasteiger partial charge in [-0.25, -0.2) is 4.79 Å². The highest BCUT2D eigenvalue weighted by Crippen LogP contribution is 2.48. The molecule has 3 rings (SSSR count). The van der Waals surface area contributed by atoms with Crippen molar-refractivity contribution >= 4 is 29.7 Å². The van der Waals surface area contributed by atoms with Gasteiger partial charge in [0, 0.05) is 4.91 Å². The molecule has 0 aliphatic carbocycles. The number of hydrogen-bond acceptors (Lipinski definition) is 5. The van der Waals surface area contributed by atoms with Gasteiger partial charge >= 0.3 is 12.0 Å². The van der Waals surface area contributed by atoms with Gasteiger partial charge in [-0.15, -0.1) is 4.48 Å². The first-order chi connectivity index (χ1) is 10.9. The minimum atomic E-state index is -1.23. The van der Waals surface area contributed by atoms with Crippen molar-refractivity contribution in [1.29, 1.82) is 0 Å². The molecule has 1 aromatic rings. The molecule has 3 unspecified atom stereocenters. The molecule has 2 aliphatic heterocycles. The molecule has 8 heteroatoms. The Morgan fingerprint density at radius 2 is 2.00 bits per heavy atom. The lowest BCUT2D eigenvalue weighted by molar-refractivity contribution is -0.770. The molecule has 2 aliphatic rings. The molecule has 7 nitrogen and oxygen atoms in total. The lowest BCUT2D eigenvalue weighted by Crippen LogP contribution is -2.78. The summed E-state index contributed by atoms with van der Waals surface area (Å²) in [6, 6.07) is 7.03. The zero-order chi connectivity index (χ0) is 16.8. The number of nitrogens with one attached hydrogen (secondary N) is 1. The summed E-state index contributed by atoms with van der Waals surface area (Å²) in [6.07, 6.45) is 0.182. The third-order valence-corrected chi connectivity index (χ3v) is 5.39. The number of rotatable bonds is 3. The third kappa shape index (κ3) is 2.26. The Morgan fingerprint density at radius 1 is 1.35 bits per heavy atom. The molecule has 23 heavy (non-hydrogen) atoms. The van der Waals surface area contributed by atoms with Crippen LogP contribution in [0.4, 0.5) is 4.79 Å². The van der Waals surface area contributed by atoms with Gasteiger partial charge in [0.25, 0.3) is 0 Å². The van der Waals surface area contributed by atoms with Crippen LogP contribution in [-0.4, -0.2) is 38.9 Å². The quantitative estimate of drug-likeness (QED) is 0.565. The lowest BCUT2D eigenvalue weighted by atomic mass is 10.0. The highest BCUT2D eigenvalue weighted by molar-refractivity contribution is 8.03. The fourth-order valence-corrected chi connectivity index (χ4v) is 4.22. The molecular weight excluding hydrogens is 318 g/mol. The molecule has 4 atom stereocenters. The number of fused-ring (bicyclic) bond motifs is 1. The second-order valence-corrected chi connectivity index (χ2v) is 6.88. The van der Waals surface area contributed by atoms with Gasteiger partial charge in [0.2, 0.25) is 11.9 Å². The molecule has 0 saturated carbocycles. The number of nitrogens with zero attached hydrogens (tertiary/aromatic N) is 1. The number of β-lactam (4-membered cyclic amide) rings is 1. The highest BCUT2D eigenvalue weighted by Gasteiger charge is 2.72. The van der Waals surface area contributed by atoms with Crippen LogP contribution in [0.15, 0.2) is 41.4 Å². The first-order valence-electron chi connectivity index (χ1n) is 7.01. The van der Waals surface area contributed by atoms with Crippen LogP contribution in [0.25, 0.3) is 0 Å². The smallest absolute Gasteiger partial charge is 0.435 e. The molecule has 3 amide bonds. The second kappa shape index (κ2) is 5.48. The van der Waals surface area contributed by atoms with Crippen LogP contribution in [-0.2, 0) is 9.59 Å². The fourth-order valence-electron chi connectivity index (χ4n) is 2.87. The van der Waals surface area contributed by atoms with Crippen molar-refractivity contribution in [2.45, 2.75) is 24.4 Å². The van der Waals surface area contributed by atoms with E-state index in [1.165, 1.54) is 18.0 Å². The highest BCUT2D eigenvalue weighted by atomic mass is 32.2. The van der Waals surface area contributed by atoms with Crippen molar-refractivity contribution < 1.29 is 24.0 Å². The SMILES string of the molecule is CC1=C[N+]2(C(=O)O)C(=O)C(NC(=O)C(N)c3ccccc3)[C@@H]2S1. The van der Waals surface area contributed by atoms with E-state index >= 15 is 0 Å². The number of nitrogens with two attached hydrogens (primary N) is 1. The van der Waals surface area contributed by atoms with Crippen LogP contribution < -0.4 is 11.1 Å². The van der Waals surface area contributed by atoms with Crippen molar-refractivity contribution in [3.05, 3.63) is 47.0 Å². The summed E-state index contributed by atoms with van der Waals surface area (Å²) in [7, 11) is 0. The first-order valence-corrected chi connectivity index (χ1v) is 7.89. The van der Waals surface area contributed by atoms with Crippen LogP contribution in [0.3, 0.4) is 0 Å². The number of amides is 3. The summed E-state index contributed by atoms with van der Waals surface area (Å²) < 4.78 is -0.762. The van der Waals surface area contributed by atoms with E-state index in [0.29, 0.717) is 5.56 Å². The van der Waals surface area contributed by atoms with Gasteiger partial charge in [-0.2, -0.15) is 4.79 Å². The molecule has 0 aromatic heterocycles. The number of carboxylic acid groups (broad SMARTS) is 1. The lowest BCUT2D eigenvalue weighted by Gasteiger charge is -2.43. The molecule has 1 saturated heterocycles. The number of quaternary nitrogens is 1. The van der Waals surface area contributed by atoms with Crippen molar-refractivity contribution in [1.82, 2.24) is 5.32 Å². The van der Waals surface area contributed by atoms with E-state index in [0.717, 1.165) is 4.91 Å². The minimum absolute atomic E-state index is 0.497. The number of carbonyl (C=O) groups excluding carboxylic acids is 2. The Balaban J connectivity index is 1.74. The summed E-state index contributed by atoms with van der Waals surface area (Å²) in [4.78, 5) is 36.8. The Morgan fingerprint density at radius 3 is 2.61 bits per heavy atom. The molecule has 0 spiro atoms. The van der Waals surface area contributed by atoms with Gasteiger partial charge < -0.3 is 16.2 Å². The molecule has 4 N–H and O–H groups in total. The van der Waals surface area contributed by atoms with Gasteiger partial charge in [0.1, 0.15) is 12.2 Å². The average Bonchev–Trinajstić information content (AvgIpc) is 2.87. The zero-order valence-electron chi connectivity index (χ0n) is 12.3. The Bertz CT molecular complexity index is 721. The van der Waals surface area contributed by atoms with Crippen molar-refractivity contribution in [2.75, 3.05) is 0 Å². The van der Waals surface area contributed by atoms with E-state index in [2.05, 4.69) is 5.32 Å². The second-order valence-electron chi connectivity index (χ2n) is 5.52. The Hall–Kier alpha value is -2.16. The largest absolute Gasteiger partial charge is 0.527 e. The van der Waals surface area contributed by atoms with Gasteiger partial charge in [-0.05, 0) is 12.5 Å². The number of allylic oxidation sites excluding steroid dienone is 1. The summed E-state index contributed by atoms with van der Waals surface area (Å²) in [6.45, 7) is 1.74. The third-order valence-electron chi connectivity index (χ3n) is 4.06. The standard InChI is InChI=1S/C15H15N3O4S/c1-8-7-18(15(21)22)13(20)11(14(18)23-8)17-12(19)10(16)9-5-3-2-4-6-9/h2-7,10-11,14H,16H2,1H3,(H-,17,19,21,22)/p+1/t10?,11?,14-,18?/m0/s1. The predicted octanol–water partition coefficient (Wildman–Crippen LogP) is 1.14. The van der Waals surface area contributed by atoms with Gasteiger partial charge in [0.05, 0.1) is 0 Å². The summed E-state index contributed by atoms with van der Waals surface area (Å²) >= 11 is 1.28. The first kappa shape index (κ1) is 15.7. The molecule has 120 valence electrons. The zero-order valence-corrected chi connectivity index (χ0v) is 13.1. The normalized spacial score (nSPS) is 30.0. The number of hydrogen-bond donors (Lipinski definition) is 3. The predicted molar refractivity (Wildman–Crippen MR) is 83.7 cm³/mol. The maximum atomic E-state index is 12.3. The van der Waals surface area contributed by atoms with E-state index in [4.69, 9.17) is 5.73 Å². The van der Waals surface area contributed by atoms with E-state index in [1.54, 1.807) is 31.2 Å². The summed E-state index contributed by atoms with van der Waals surface area (Å²) in [5, 5.41) is 11.4. The maximum Gasteiger partial charge on any atom is 0.527 e. The van der Waals surface area contributed by atoms with Crippen molar-refractivity contribution in [2.24, 2.45) is 5.73 Å². The number of imide groups is 1. The topological polar surface area (TPSA) is 109 Å². The number of carbonyl (C=O) groups is 3. The Kier molecular flexibility index (Phi) is 3.75. The average molecular weight is 334 g/mol. The number of benzene rings is 1. The van der Waals surface area contributed by atoms with E-state index < -0.39 is 39.8 Å². The maximum absolute atomic E-state index is 12.3. The molecule has 1 aromatic carbocycles. The van der Waals surface area contributed by atoms with Crippen LogP contribution >= 0.6 is 11.8 Å². The van der Waals surface area contributed by atoms with Gasteiger partial charge in [0.15, 0.2) is 5.37 Å². The van der Waals surface area contributed by atoms with E-state index in [9.17, 15) is 19.5 Å². The molecular formula is C15H16N3O4S+. The van der Waals surface area contributed by atoms with E-state index in [-0.39, 0.29) is 0 Å². The van der Waals surface area contributed by atoms with Crippen LogP contribution in [0.2, 0.25) is 0 Å². The van der Waals surface area contributed by atoms with Gasteiger partial charge in [-0.3, -0.25) is 4.79 Å². The summed E-state index contributed by atoms with van der Waals surface area (Å²) in [5.74, 6) is -1.05. The van der Waals surface area contributed by atoms with E-state index in [1.807, 2.05) is 6.07 Å². The van der Waals surface area contributed by atoms with Crippen LogP contribution in [0, 0.1) is 0 Å². The molecule has 2 heterocycles. The van der Waals surface area contributed by atoms with Crippen molar-refractivity contribution in [3.63, 3.8) is 0 Å². The summed E-state index contributed by atoms with van der Waals surface area (Å²) in [5.41, 5.74) is 6.53. The van der Waals surface area contributed by atoms with Gasteiger partial charge in [-0.1, -0.05) is 42.1 Å². The fraction of sp³-hybridized carbons (Fsp3) is 0.267. The minimum Gasteiger partial charge on any atom is -0.435 e. The number of thioether (sulfide) groups is 1.